The van der Waals surface area contributed by atoms with Crippen LogP contribution in [0.1, 0.15) is 15.9 Å². The highest BCUT2D eigenvalue weighted by atomic mass is 19.1. The highest BCUT2D eigenvalue weighted by Crippen LogP contribution is 2.35. The summed E-state index contributed by atoms with van der Waals surface area (Å²) in [6, 6.07) is 6.89. The number of ether oxygens (including phenoxy) is 2. The number of rotatable bonds is 3. The average Bonchev–Trinajstić information content (AvgIpc) is 2.60. The van der Waals surface area contributed by atoms with E-state index < -0.39 is 17.6 Å². The van der Waals surface area contributed by atoms with Crippen LogP contribution in [0.5, 0.6) is 5.75 Å². The molecule has 0 atom stereocenters. The zero-order valence-corrected chi connectivity index (χ0v) is 13.9. The number of hydrogen-bond donors (Lipinski definition) is 0. The lowest BCUT2D eigenvalue weighted by atomic mass is 9.96. The summed E-state index contributed by atoms with van der Waals surface area (Å²) in [7, 11) is 2.61. The Labute approximate surface area is 143 Å². The Kier molecular flexibility index (Phi) is 4.35. The summed E-state index contributed by atoms with van der Waals surface area (Å²) < 4.78 is 38.6. The normalized spacial score (nSPS) is 10.8. The molecular formula is C19H15F2NO3. The number of halogens is 2. The smallest absolute Gasteiger partial charge is 0.337 e. The van der Waals surface area contributed by atoms with Crippen molar-refractivity contribution < 1.29 is 23.0 Å². The second kappa shape index (κ2) is 6.47. The van der Waals surface area contributed by atoms with E-state index in [0.717, 1.165) is 12.1 Å². The van der Waals surface area contributed by atoms with Crippen molar-refractivity contribution >= 4 is 16.9 Å². The molecule has 25 heavy (non-hydrogen) atoms. The van der Waals surface area contributed by atoms with Gasteiger partial charge in [0.1, 0.15) is 17.4 Å². The lowest BCUT2D eigenvalue weighted by molar-refractivity contribution is 0.0601. The Balaban J connectivity index is 2.34. The Morgan fingerprint density at radius 1 is 1.08 bits per heavy atom. The van der Waals surface area contributed by atoms with Crippen LogP contribution >= 0.6 is 0 Å². The van der Waals surface area contributed by atoms with E-state index in [2.05, 4.69) is 4.98 Å². The Morgan fingerprint density at radius 2 is 1.76 bits per heavy atom. The van der Waals surface area contributed by atoms with E-state index in [1.807, 2.05) is 0 Å². The van der Waals surface area contributed by atoms with Crippen molar-refractivity contribution in [3.8, 4) is 16.9 Å². The summed E-state index contributed by atoms with van der Waals surface area (Å²) in [6.07, 6.45) is 1.48. The second-order valence-electron chi connectivity index (χ2n) is 5.51. The van der Waals surface area contributed by atoms with Crippen molar-refractivity contribution in [3.63, 3.8) is 0 Å². The number of aryl methyl sites for hydroxylation is 1. The van der Waals surface area contributed by atoms with Gasteiger partial charge in [-0.25, -0.2) is 13.6 Å². The van der Waals surface area contributed by atoms with Crippen molar-refractivity contribution in [2.75, 3.05) is 14.2 Å². The monoisotopic (exact) mass is 343 g/mol. The van der Waals surface area contributed by atoms with E-state index in [1.54, 1.807) is 13.0 Å². The van der Waals surface area contributed by atoms with Crippen molar-refractivity contribution in [1.29, 1.82) is 0 Å². The lowest BCUT2D eigenvalue weighted by Gasteiger charge is -2.12. The third kappa shape index (κ3) is 2.91. The number of methoxy groups -OCH3 is 2. The minimum absolute atomic E-state index is 0.0866. The van der Waals surface area contributed by atoms with Gasteiger partial charge in [0.05, 0.1) is 30.9 Å². The van der Waals surface area contributed by atoms with Crippen LogP contribution in [-0.2, 0) is 4.74 Å². The summed E-state index contributed by atoms with van der Waals surface area (Å²) in [4.78, 5) is 16.1. The first-order valence-electron chi connectivity index (χ1n) is 7.47. The molecule has 0 radical (unpaired) electrons. The maximum atomic E-state index is 14.5. The molecule has 128 valence electrons. The van der Waals surface area contributed by atoms with E-state index >= 15 is 0 Å². The van der Waals surface area contributed by atoms with Gasteiger partial charge in [-0.2, -0.15) is 0 Å². The number of hydrogen-bond acceptors (Lipinski definition) is 4. The van der Waals surface area contributed by atoms with Crippen molar-refractivity contribution in [1.82, 2.24) is 4.98 Å². The molecule has 1 aromatic heterocycles. The molecule has 0 saturated heterocycles. The Hall–Kier alpha value is -3.02. The van der Waals surface area contributed by atoms with Crippen LogP contribution in [0.2, 0.25) is 0 Å². The molecule has 0 bridgehead atoms. The van der Waals surface area contributed by atoms with Crippen LogP contribution in [0.15, 0.2) is 36.5 Å². The van der Waals surface area contributed by atoms with E-state index in [4.69, 9.17) is 9.47 Å². The van der Waals surface area contributed by atoms with Gasteiger partial charge in [0.25, 0.3) is 0 Å². The van der Waals surface area contributed by atoms with Gasteiger partial charge in [0, 0.05) is 23.7 Å². The van der Waals surface area contributed by atoms with Crippen molar-refractivity contribution in [3.05, 3.63) is 59.3 Å². The van der Waals surface area contributed by atoms with E-state index in [9.17, 15) is 13.6 Å². The van der Waals surface area contributed by atoms with Gasteiger partial charge in [-0.1, -0.05) is 0 Å². The molecule has 0 N–H and O–H groups in total. The first kappa shape index (κ1) is 16.8. The molecular weight excluding hydrogens is 328 g/mol. The van der Waals surface area contributed by atoms with Crippen LogP contribution in [0.25, 0.3) is 22.0 Å². The SMILES string of the molecule is COC(=O)c1cc(C)c2nccc(-c3c(F)cc(OC)cc3F)c2c1. The number of carbonyl (C=O) groups is 1. The number of pyridine rings is 1. The predicted octanol–water partition coefficient (Wildman–Crippen LogP) is 4.28. The predicted molar refractivity (Wildman–Crippen MR) is 89.7 cm³/mol. The summed E-state index contributed by atoms with van der Waals surface area (Å²) in [5.74, 6) is -1.96. The third-order valence-electron chi connectivity index (χ3n) is 3.98. The molecule has 2 aromatic carbocycles. The highest BCUT2D eigenvalue weighted by Gasteiger charge is 2.18. The van der Waals surface area contributed by atoms with Gasteiger partial charge >= 0.3 is 5.97 Å². The topological polar surface area (TPSA) is 48.4 Å². The number of nitrogens with zero attached hydrogens (tertiary/aromatic N) is 1. The summed E-state index contributed by atoms with van der Waals surface area (Å²) in [5.41, 5.74) is 1.65. The minimum Gasteiger partial charge on any atom is -0.497 e. The fourth-order valence-corrected chi connectivity index (χ4v) is 2.81. The van der Waals surface area contributed by atoms with Gasteiger partial charge < -0.3 is 9.47 Å². The molecule has 0 saturated carbocycles. The van der Waals surface area contributed by atoms with Crippen LogP contribution in [-0.4, -0.2) is 25.2 Å². The summed E-state index contributed by atoms with van der Waals surface area (Å²) >= 11 is 0. The molecule has 0 aliphatic heterocycles. The molecule has 0 spiro atoms. The summed E-state index contributed by atoms with van der Waals surface area (Å²) in [5, 5.41) is 0.464. The maximum absolute atomic E-state index is 14.5. The van der Waals surface area contributed by atoms with Crippen LogP contribution in [0.3, 0.4) is 0 Å². The molecule has 3 aromatic rings. The van der Waals surface area contributed by atoms with Gasteiger partial charge in [-0.05, 0) is 36.2 Å². The van der Waals surface area contributed by atoms with E-state index in [0.29, 0.717) is 22.0 Å². The van der Waals surface area contributed by atoms with Crippen LogP contribution in [0.4, 0.5) is 8.78 Å². The summed E-state index contributed by atoms with van der Waals surface area (Å²) in [6.45, 7) is 1.77. The fraction of sp³-hybridized carbons (Fsp3) is 0.158. The number of carbonyl (C=O) groups excluding carboxylic acids is 1. The zero-order chi connectivity index (χ0) is 18.1. The largest absolute Gasteiger partial charge is 0.497 e. The second-order valence-corrected chi connectivity index (χ2v) is 5.51. The molecule has 0 fully saturated rings. The van der Waals surface area contributed by atoms with Gasteiger partial charge in [0.15, 0.2) is 0 Å². The highest BCUT2D eigenvalue weighted by molar-refractivity contribution is 6.01. The first-order chi connectivity index (χ1) is 12.0. The first-order valence-corrected chi connectivity index (χ1v) is 7.47. The van der Waals surface area contributed by atoms with Gasteiger partial charge in [-0.3, -0.25) is 4.98 Å². The van der Waals surface area contributed by atoms with Crippen LogP contribution < -0.4 is 4.74 Å². The number of fused-ring (bicyclic) bond motifs is 1. The van der Waals surface area contributed by atoms with Gasteiger partial charge in [0.2, 0.25) is 0 Å². The minimum atomic E-state index is -0.759. The lowest BCUT2D eigenvalue weighted by Crippen LogP contribution is -2.03. The Bertz CT molecular complexity index is 963. The third-order valence-corrected chi connectivity index (χ3v) is 3.98. The molecule has 0 unspecified atom stereocenters. The van der Waals surface area contributed by atoms with Crippen molar-refractivity contribution in [2.45, 2.75) is 6.92 Å². The van der Waals surface area contributed by atoms with E-state index in [-0.39, 0.29) is 16.9 Å². The fourth-order valence-electron chi connectivity index (χ4n) is 2.81. The molecule has 0 aliphatic rings. The average molecular weight is 343 g/mol. The zero-order valence-electron chi connectivity index (χ0n) is 13.9. The molecule has 4 nitrogen and oxygen atoms in total. The van der Waals surface area contributed by atoms with Crippen molar-refractivity contribution in [2.24, 2.45) is 0 Å². The quantitative estimate of drug-likeness (QED) is 0.666. The standard InChI is InChI=1S/C19H15F2NO3/c1-10-6-11(19(23)25-3)7-14-13(4-5-22-18(10)14)17-15(20)8-12(24-2)9-16(17)21/h4-9H,1-3H3. The maximum Gasteiger partial charge on any atom is 0.337 e. The van der Waals surface area contributed by atoms with E-state index in [1.165, 1.54) is 32.5 Å². The number of aromatic nitrogens is 1. The molecule has 1 heterocycles. The number of esters is 1. The molecule has 0 amide bonds. The number of benzene rings is 2. The Morgan fingerprint density at radius 3 is 2.36 bits per heavy atom. The molecule has 6 heteroatoms. The molecule has 0 aliphatic carbocycles. The van der Waals surface area contributed by atoms with Crippen LogP contribution in [0, 0.1) is 18.6 Å². The van der Waals surface area contributed by atoms with Gasteiger partial charge in [-0.15, -0.1) is 0 Å². The molecule has 3 rings (SSSR count).